The monoisotopic (exact) mass is 293 g/mol. The topological polar surface area (TPSA) is 20.3 Å². The molecule has 0 aliphatic carbocycles. The van der Waals surface area contributed by atoms with Crippen molar-refractivity contribution in [1.29, 1.82) is 0 Å². The lowest BCUT2D eigenvalue weighted by Gasteiger charge is -2.50. The molecule has 2 aliphatic heterocycles. The van der Waals surface area contributed by atoms with Crippen LogP contribution in [0.4, 0.5) is 26.3 Å². The lowest BCUT2D eigenvalue weighted by atomic mass is 10.0. The van der Waals surface area contributed by atoms with Gasteiger partial charge in [0.05, 0.1) is 5.37 Å². The fourth-order valence-electron chi connectivity index (χ4n) is 2.14. The number of carbonyl (C=O) groups is 1. The molecule has 9 heteroatoms. The van der Waals surface area contributed by atoms with Gasteiger partial charge in [-0.3, -0.25) is 4.79 Å². The average molecular weight is 293 g/mol. The minimum Gasteiger partial charge on any atom is -0.331 e. The zero-order valence-corrected chi connectivity index (χ0v) is 9.75. The smallest absolute Gasteiger partial charge is 0.331 e. The molecular weight excluding hydrogens is 284 g/mol. The highest BCUT2D eigenvalue weighted by Gasteiger charge is 2.77. The summed E-state index contributed by atoms with van der Waals surface area (Å²) in [6, 6.07) is 0. The van der Waals surface area contributed by atoms with E-state index in [4.69, 9.17) is 0 Å². The zero-order valence-electron chi connectivity index (χ0n) is 8.94. The maximum Gasteiger partial charge on any atom is 0.412 e. The van der Waals surface area contributed by atoms with Crippen LogP contribution in [0.3, 0.4) is 0 Å². The van der Waals surface area contributed by atoms with Crippen molar-refractivity contribution in [2.45, 2.75) is 41.7 Å². The molecule has 0 N–H and O–H groups in total. The minimum absolute atomic E-state index is 0.197. The van der Waals surface area contributed by atoms with Crippen LogP contribution >= 0.6 is 11.8 Å². The normalized spacial score (nSPS) is 28.4. The first-order valence-corrected chi connectivity index (χ1v) is 6.07. The summed E-state index contributed by atoms with van der Waals surface area (Å²) in [6.07, 6.45) is -11.1. The van der Waals surface area contributed by atoms with Gasteiger partial charge in [0, 0.05) is 19.4 Å². The second-order valence-electron chi connectivity index (χ2n) is 4.29. The Bertz CT molecular complexity index is 343. The third-order valence-corrected chi connectivity index (χ3v) is 4.90. The van der Waals surface area contributed by atoms with Gasteiger partial charge < -0.3 is 4.90 Å². The Morgan fingerprint density at radius 1 is 1.17 bits per heavy atom. The van der Waals surface area contributed by atoms with Crippen molar-refractivity contribution in [2.75, 3.05) is 6.54 Å². The van der Waals surface area contributed by atoms with Crippen molar-refractivity contribution >= 4 is 17.7 Å². The molecule has 1 atom stereocenters. The van der Waals surface area contributed by atoms with Crippen LogP contribution in [0, 0.1) is 0 Å². The fraction of sp³-hybridized carbons (Fsp3) is 0.889. The Morgan fingerprint density at radius 3 is 2.00 bits per heavy atom. The number of hydrogen-bond donors (Lipinski definition) is 0. The molecule has 104 valence electrons. The number of thioether (sulfide) groups is 1. The molecule has 0 radical (unpaired) electrons. The largest absolute Gasteiger partial charge is 0.412 e. The van der Waals surface area contributed by atoms with Crippen molar-refractivity contribution in [2.24, 2.45) is 0 Å². The van der Waals surface area contributed by atoms with Gasteiger partial charge in [-0.1, -0.05) is 0 Å². The highest BCUT2D eigenvalue weighted by Crippen LogP contribution is 2.64. The van der Waals surface area contributed by atoms with Crippen molar-refractivity contribution in [3.05, 3.63) is 0 Å². The first kappa shape index (κ1) is 13.8. The summed E-state index contributed by atoms with van der Waals surface area (Å²) < 4.78 is 71.7. The van der Waals surface area contributed by atoms with Gasteiger partial charge >= 0.3 is 12.4 Å². The molecule has 1 unspecified atom stereocenters. The molecule has 0 saturated carbocycles. The molecule has 2 heterocycles. The molecule has 0 bridgehead atoms. The van der Waals surface area contributed by atoms with Crippen LogP contribution in [0.25, 0.3) is 0 Å². The maximum atomic E-state index is 12.6. The van der Waals surface area contributed by atoms with Crippen molar-refractivity contribution in [3.8, 4) is 0 Å². The van der Waals surface area contributed by atoms with Gasteiger partial charge in [-0.05, 0) is 6.42 Å². The van der Waals surface area contributed by atoms with Gasteiger partial charge in [0.2, 0.25) is 10.7 Å². The lowest BCUT2D eigenvalue weighted by Crippen LogP contribution is -2.65. The van der Waals surface area contributed by atoms with E-state index in [-0.39, 0.29) is 30.6 Å². The summed E-state index contributed by atoms with van der Waals surface area (Å²) in [5.41, 5.74) is 0. The van der Waals surface area contributed by atoms with E-state index in [0.717, 1.165) is 4.90 Å². The van der Waals surface area contributed by atoms with Gasteiger partial charge in [-0.25, -0.2) is 0 Å². The quantitative estimate of drug-likeness (QED) is 0.693. The highest BCUT2D eigenvalue weighted by molar-refractivity contribution is 8.02. The van der Waals surface area contributed by atoms with E-state index in [9.17, 15) is 31.1 Å². The van der Waals surface area contributed by atoms with Crippen molar-refractivity contribution < 1.29 is 31.1 Å². The third-order valence-electron chi connectivity index (χ3n) is 3.17. The average Bonchev–Trinajstić information content (AvgIpc) is 2.44. The minimum atomic E-state index is -5.35. The predicted molar refractivity (Wildman–Crippen MR) is 51.8 cm³/mol. The van der Waals surface area contributed by atoms with E-state index < -0.39 is 28.9 Å². The molecule has 0 aromatic heterocycles. The van der Waals surface area contributed by atoms with Gasteiger partial charge in [0.1, 0.15) is 0 Å². The molecule has 1 amide bonds. The second-order valence-corrected chi connectivity index (χ2v) is 5.77. The first-order chi connectivity index (χ1) is 8.08. The summed E-state index contributed by atoms with van der Waals surface area (Å²) in [4.78, 5) is 12.4. The number of likely N-dealkylation sites (tertiary alicyclic amines) is 1. The van der Waals surface area contributed by atoms with E-state index in [1.54, 1.807) is 0 Å². The summed E-state index contributed by atoms with van der Waals surface area (Å²) in [5.74, 6) is -0.370. The van der Waals surface area contributed by atoms with E-state index >= 15 is 0 Å². The van der Waals surface area contributed by atoms with Crippen LogP contribution < -0.4 is 0 Å². The summed E-state index contributed by atoms with van der Waals surface area (Å²) in [5, 5.41) is -1.01. The summed E-state index contributed by atoms with van der Waals surface area (Å²) >= 11 is -0.209. The number of rotatable bonds is 1. The Morgan fingerprint density at radius 2 is 1.67 bits per heavy atom. The van der Waals surface area contributed by atoms with Gasteiger partial charge in [-0.15, -0.1) is 11.8 Å². The number of carbonyl (C=O) groups excluding carboxylic acids is 1. The number of hydrogen-bond acceptors (Lipinski definition) is 2. The molecule has 2 aliphatic rings. The molecule has 2 saturated heterocycles. The number of alkyl halides is 6. The van der Waals surface area contributed by atoms with Crippen LogP contribution in [-0.4, -0.2) is 39.8 Å². The van der Waals surface area contributed by atoms with Crippen LogP contribution in [0.15, 0.2) is 0 Å². The highest BCUT2D eigenvalue weighted by atomic mass is 32.2. The van der Waals surface area contributed by atoms with Gasteiger partial charge in [-0.2, -0.15) is 26.3 Å². The Hall–Kier alpha value is -0.600. The Kier molecular flexibility index (Phi) is 3.03. The maximum absolute atomic E-state index is 12.6. The molecule has 2 fully saturated rings. The van der Waals surface area contributed by atoms with E-state index in [1.165, 1.54) is 0 Å². The molecule has 0 aromatic rings. The lowest BCUT2D eigenvalue weighted by molar-refractivity contribution is -0.273. The number of amides is 1. The van der Waals surface area contributed by atoms with Crippen LogP contribution in [0.5, 0.6) is 0 Å². The molecule has 0 aromatic carbocycles. The predicted octanol–water partition coefficient (Wildman–Crippen LogP) is 2.94. The second kappa shape index (κ2) is 3.94. The fourth-order valence-corrected chi connectivity index (χ4v) is 3.51. The van der Waals surface area contributed by atoms with Crippen LogP contribution in [0.1, 0.15) is 19.3 Å². The Labute approximate surface area is 103 Å². The number of halogens is 6. The standard InChI is InChI=1S/C9H9F6NOS/c10-8(11,12)7(9(13,14)15)4-6(18-7)16-3-1-2-5(16)17/h6H,1-4H2. The van der Waals surface area contributed by atoms with Gasteiger partial charge in [0.15, 0.2) is 0 Å². The van der Waals surface area contributed by atoms with Crippen LogP contribution in [-0.2, 0) is 4.79 Å². The van der Waals surface area contributed by atoms with E-state index in [2.05, 4.69) is 0 Å². The summed E-state index contributed by atoms with van der Waals surface area (Å²) in [6.45, 7) is 0.238. The third kappa shape index (κ3) is 1.86. The van der Waals surface area contributed by atoms with Crippen LogP contribution in [0.2, 0.25) is 0 Å². The van der Waals surface area contributed by atoms with Crippen molar-refractivity contribution in [3.63, 3.8) is 0 Å². The molecular formula is C9H9F6NOS. The molecule has 18 heavy (non-hydrogen) atoms. The molecule has 0 spiro atoms. The van der Waals surface area contributed by atoms with E-state index in [1.807, 2.05) is 0 Å². The SMILES string of the molecule is O=C1CCCN1C1CC(C(F)(F)F)(C(F)(F)F)S1. The van der Waals surface area contributed by atoms with Crippen molar-refractivity contribution in [1.82, 2.24) is 4.90 Å². The zero-order chi connectivity index (χ0) is 13.8. The number of nitrogens with zero attached hydrogens (tertiary/aromatic N) is 1. The van der Waals surface area contributed by atoms with E-state index in [0.29, 0.717) is 6.42 Å². The molecule has 2 rings (SSSR count). The van der Waals surface area contributed by atoms with Gasteiger partial charge in [0.25, 0.3) is 0 Å². The Balaban J connectivity index is 2.13. The molecule has 2 nitrogen and oxygen atoms in total. The first-order valence-electron chi connectivity index (χ1n) is 5.19. The summed E-state index contributed by atoms with van der Waals surface area (Å²) in [7, 11) is 0.